The fourth-order valence-corrected chi connectivity index (χ4v) is 2.06. The fraction of sp³-hybridized carbons (Fsp3) is 0.846. The summed E-state index contributed by atoms with van der Waals surface area (Å²) in [5.41, 5.74) is 0. The van der Waals surface area contributed by atoms with Gasteiger partial charge in [0.15, 0.2) is 0 Å². The van der Waals surface area contributed by atoms with Crippen molar-refractivity contribution < 1.29 is 9.59 Å². The number of amides is 2. The van der Waals surface area contributed by atoms with Crippen LogP contribution < -0.4 is 10.6 Å². The molecule has 0 unspecified atom stereocenters. The molecule has 2 amide bonds. The van der Waals surface area contributed by atoms with Gasteiger partial charge in [0.2, 0.25) is 11.8 Å². The van der Waals surface area contributed by atoms with E-state index in [2.05, 4.69) is 10.6 Å². The molecular weight excluding hydrogens is 244 g/mol. The minimum atomic E-state index is -0.0232. The lowest BCUT2D eigenvalue weighted by Gasteiger charge is -2.30. The van der Waals surface area contributed by atoms with Crippen molar-refractivity contribution in [2.75, 3.05) is 45.8 Å². The lowest BCUT2D eigenvalue weighted by Crippen LogP contribution is -2.50. The van der Waals surface area contributed by atoms with Crippen LogP contribution in [0.25, 0.3) is 0 Å². The molecule has 0 radical (unpaired) electrons. The lowest BCUT2D eigenvalue weighted by atomic mass is 10.3. The minimum Gasteiger partial charge on any atom is -0.353 e. The van der Waals surface area contributed by atoms with E-state index in [9.17, 15) is 9.59 Å². The molecule has 0 saturated carbocycles. The van der Waals surface area contributed by atoms with Crippen LogP contribution in [0.3, 0.4) is 0 Å². The van der Waals surface area contributed by atoms with Gasteiger partial charge in [0.1, 0.15) is 0 Å². The number of hydrogen-bond acceptors (Lipinski definition) is 4. The summed E-state index contributed by atoms with van der Waals surface area (Å²) in [6.07, 6.45) is 0. The van der Waals surface area contributed by atoms with E-state index in [-0.39, 0.29) is 24.4 Å². The summed E-state index contributed by atoms with van der Waals surface area (Å²) >= 11 is 0. The third kappa shape index (κ3) is 6.02. The van der Waals surface area contributed by atoms with Crippen molar-refractivity contribution in [1.82, 2.24) is 20.4 Å². The third-order valence-electron chi connectivity index (χ3n) is 3.09. The molecule has 0 aromatic heterocycles. The zero-order chi connectivity index (χ0) is 14.3. The van der Waals surface area contributed by atoms with Crippen LogP contribution in [0.4, 0.5) is 0 Å². The molecule has 19 heavy (non-hydrogen) atoms. The van der Waals surface area contributed by atoms with Gasteiger partial charge in [-0.3, -0.25) is 14.5 Å². The van der Waals surface area contributed by atoms with Gasteiger partial charge in [0, 0.05) is 32.2 Å². The smallest absolute Gasteiger partial charge is 0.236 e. The Morgan fingerprint density at radius 3 is 2.42 bits per heavy atom. The first-order chi connectivity index (χ1) is 9.02. The monoisotopic (exact) mass is 270 g/mol. The maximum absolute atomic E-state index is 12.1. The Bertz CT molecular complexity index is 301. The van der Waals surface area contributed by atoms with Gasteiger partial charge < -0.3 is 15.5 Å². The van der Waals surface area contributed by atoms with Gasteiger partial charge in [-0.05, 0) is 20.4 Å². The number of rotatable bonds is 6. The number of carbonyl (C=O) groups excluding carboxylic acids is 2. The van der Waals surface area contributed by atoms with Crippen molar-refractivity contribution in [2.45, 2.75) is 26.8 Å². The van der Waals surface area contributed by atoms with E-state index in [1.807, 2.05) is 30.6 Å². The summed E-state index contributed by atoms with van der Waals surface area (Å²) in [6, 6.07) is 0.134. The Kier molecular flexibility index (Phi) is 6.80. The number of nitrogens with one attached hydrogen (secondary N) is 2. The van der Waals surface area contributed by atoms with Crippen molar-refractivity contribution in [3.05, 3.63) is 0 Å². The molecule has 110 valence electrons. The summed E-state index contributed by atoms with van der Waals surface area (Å²) < 4.78 is 0. The van der Waals surface area contributed by atoms with Crippen molar-refractivity contribution in [2.24, 2.45) is 0 Å². The Morgan fingerprint density at radius 1 is 1.26 bits per heavy atom. The second kappa shape index (κ2) is 8.12. The van der Waals surface area contributed by atoms with E-state index in [1.54, 1.807) is 0 Å². The molecule has 6 nitrogen and oxygen atoms in total. The van der Waals surface area contributed by atoms with Crippen LogP contribution in [0.5, 0.6) is 0 Å². The maximum atomic E-state index is 12.1. The highest BCUT2D eigenvalue weighted by atomic mass is 16.2. The van der Waals surface area contributed by atoms with E-state index in [0.717, 1.165) is 26.2 Å². The second-order valence-electron chi connectivity index (χ2n) is 5.16. The van der Waals surface area contributed by atoms with Crippen molar-refractivity contribution in [3.8, 4) is 0 Å². The van der Waals surface area contributed by atoms with Gasteiger partial charge in [-0.25, -0.2) is 0 Å². The molecule has 0 aliphatic carbocycles. The van der Waals surface area contributed by atoms with Gasteiger partial charge in [-0.2, -0.15) is 0 Å². The minimum absolute atomic E-state index is 0.0232. The van der Waals surface area contributed by atoms with Crippen LogP contribution in [0.1, 0.15) is 20.8 Å². The number of likely N-dealkylation sites (N-methyl/N-ethyl adjacent to an activating group) is 1. The molecule has 1 aliphatic rings. The van der Waals surface area contributed by atoms with Crippen molar-refractivity contribution >= 4 is 11.8 Å². The molecule has 0 spiro atoms. The molecule has 0 aromatic rings. The number of nitrogens with zero attached hydrogens (tertiary/aromatic N) is 2. The molecule has 0 aromatic carbocycles. The molecule has 6 heteroatoms. The summed E-state index contributed by atoms with van der Waals surface area (Å²) in [5.74, 6) is 0.0886. The summed E-state index contributed by atoms with van der Waals surface area (Å²) in [6.45, 7) is 10.4. The molecule has 1 fully saturated rings. The molecule has 0 atom stereocenters. The number of hydrogen-bond donors (Lipinski definition) is 2. The zero-order valence-electron chi connectivity index (χ0n) is 12.2. The average Bonchev–Trinajstić information content (AvgIpc) is 2.37. The number of piperazine rings is 1. The molecule has 2 N–H and O–H groups in total. The molecule has 1 saturated heterocycles. The summed E-state index contributed by atoms with van der Waals surface area (Å²) in [7, 11) is 0. The zero-order valence-corrected chi connectivity index (χ0v) is 12.2. The maximum Gasteiger partial charge on any atom is 0.236 e. The second-order valence-corrected chi connectivity index (χ2v) is 5.16. The van der Waals surface area contributed by atoms with Crippen molar-refractivity contribution in [3.63, 3.8) is 0 Å². The van der Waals surface area contributed by atoms with Crippen molar-refractivity contribution in [1.29, 1.82) is 0 Å². The van der Waals surface area contributed by atoms with Crippen LogP contribution in [0, 0.1) is 0 Å². The first kappa shape index (κ1) is 15.9. The highest BCUT2D eigenvalue weighted by Gasteiger charge is 2.19. The Morgan fingerprint density at radius 2 is 1.89 bits per heavy atom. The Balaban J connectivity index is 2.38. The normalized spacial score (nSPS) is 15.9. The van der Waals surface area contributed by atoms with Crippen LogP contribution in [0.2, 0.25) is 0 Å². The standard InChI is InChI=1S/C13H26N4O2/c1-4-16(9-12(18)15-11(2)3)10-13(19)17-7-5-14-6-8-17/h11,14H,4-10H2,1-3H3,(H,15,18). The fourth-order valence-electron chi connectivity index (χ4n) is 2.06. The SMILES string of the molecule is CCN(CC(=O)NC(C)C)CC(=O)N1CCNCC1. The lowest BCUT2D eigenvalue weighted by molar-refractivity contribution is -0.133. The van der Waals surface area contributed by atoms with Gasteiger partial charge in [-0.15, -0.1) is 0 Å². The van der Waals surface area contributed by atoms with Gasteiger partial charge >= 0.3 is 0 Å². The van der Waals surface area contributed by atoms with E-state index >= 15 is 0 Å². The van der Waals surface area contributed by atoms with Gasteiger partial charge in [0.05, 0.1) is 13.1 Å². The molecule has 1 rings (SSSR count). The van der Waals surface area contributed by atoms with Gasteiger partial charge in [0.25, 0.3) is 0 Å². The predicted molar refractivity (Wildman–Crippen MR) is 74.8 cm³/mol. The topological polar surface area (TPSA) is 64.7 Å². The molecular formula is C13H26N4O2. The summed E-state index contributed by atoms with van der Waals surface area (Å²) in [4.78, 5) is 27.5. The van der Waals surface area contributed by atoms with E-state index in [1.165, 1.54) is 0 Å². The van der Waals surface area contributed by atoms with E-state index < -0.39 is 0 Å². The predicted octanol–water partition coefficient (Wildman–Crippen LogP) is -0.735. The first-order valence-electron chi connectivity index (χ1n) is 7.03. The largest absolute Gasteiger partial charge is 0.353 e. The van der Waals surface area contributed by atoms with Gasteiger partial charge in [-0.1, -0.05) is 6.92 Å². The molecule has 1 aliphatic heterocycles. The summed E-state index contributed by atoms with van der Waals surface area (Å²) in [5, 5.41) is 6.06. The number of carbonyl (C=O) groups is 2. The Labute approximate surface area is 115 Å². The molecule has 1 heterocycles. The highest BCUT2D eigenvalue weighted by molar-refractivity contribution is 5.81. The van der Waals surface area contributed by atoms with Crippen LogP contribution in [-0.4, -0.2) is 73.5 Å². The van der Waals surface area contributed by atoms with E-state index in [4.69, 9.17) is 0 Å². The van der Waals surface area contributed by atoms with Crippen LogP contribution in [-0.2, 0) is 9.59 Å². The van der Waals surface area contributed by atoms with Crippen LogP contribution in [0.15, 0.2) is 0 Å². The Hall–Kier alpha value is -1.14. The van der Waals surface area contributed by atoms with Crippen LogP contribution >= 0.6 is 0 Å². The average molecular weight is 270 g/mol. The third-order valence-corrected chi connectivity index (χ3v) is 3.09. The van der Waals surface area contributed by atoms with E-state index in [0.29, 0.717) is 13.1 Å². The highest BCUT2D eigenvalue weighted by Crippen LogP contribution is 1.97. The quantitative estimate of drug-likeness (QED) is 0.667. The first-order valence-corrected chi connectivity index (χ1v) is 7.03. The molecule has 0 bridgehead atoms.